The van der Waals surface area contributed by atoms with Crippen LogP contribution in [0.15, 0.2) is 18.2 Å². The van der Waals surface area contributed by atoms with Crippen molar-refractivity contribution in [2.24, 2.45) is 0 Å². The summed E-state index contributed by atoms with van der Waals surface area (Å²) in [5, 5.41) is 1.70. The van der Waals surface area contributed by atoms with E-state index in [2.05, 4.69) is 9.25 Å². The number of phosphoric acid groups is 1. The van der Waals surface area contributed by atoms with E-state index in [0.29, 0.717) is 5.75 Å². The fourth-order valence-electron chi connectivity index (χ4n) is 1.32. The average molecular weight is 248 g/mol. The second-order valence-electron chi connectivity index (χ2n) is 3.05. The van der Waals surface area contributed by atoms with Crippen molar-refractivity contribution in [3.8, 4) is 5.75 Å². The number of anilines is 1. The van der Waals surface area contributed by atoms with Gasteiger partial charge in [-0.3, -0.25) is 0 Å². The van der Waals surface area contributed by atoms with Gasteiger partial charge < -0.3 is 4.74 Å². The number of fused-ring (bicyclic) bond motifs is 1. The Balaban J connectivity index is 1.95. The standard InChI is InChI=1S/C7H6FN2O5P/c1-12-7-3-5(8)2-6(4-7)9-10-14-16(11,13-9)15-10/h2-4H,1H3. The van der Waals surface area contributed by atoms with E-state index >= 15 is 0 Å². The van der Waals surface area contributed by atoms with E-state index in [1.54, 1.807) is 0 Å². The Morgan fingerprint density at radius 2 is 2.06 bits per heavy atom. The first kappa shape index (κ1) is 10.0. The van der Waals surface area contributed by atoms with Crippen LogP contribution in [-0.2, 0) is 18.4 Å². The van der Waals surface area contributed by atoms with Gasteiger partial charge in [0.2, 0.25) is 0 Å². The summed E-state index contributed by atoms with van der Waals surface area (Å²) in [6.07, 6.45) is 0. The van der Waals surface area contributed by atoms with Gasteiger partial charge in [-0.2, -0.15) is 0 Å². The zero-order valence-corrected chi connectivity index (χ0v) is 8.89. The molecule has 4 rings (SSSR count). The Hall–Kier alpha value is -1.18. The van der Waals surface area contributed by atoms with Gasteiger partial charge in [0.15, 0.2) is 0 Å². The van der Waals surface area contributed by atoms with Crippen LogP contribution in [0.5, 0.6) is 5.75 Å². The highest BCUT2D eigenvalue weighted by Gasteiger charge is 2.60. The van der Waals surface area contributed by atoms with Gasteiger partial charge >= 0.3 is 7.82 Å². The van der Waals surface area contributed by atoms with Crippen LogP contribution in [0, 0.1) is 5.82 Å². The molecule has 3 aliphatic heterocycles. The third-order valence-corrected chi connectivity index (χ3v) is 3.01. The number of benzene rings is 1. The summed E-state index contributed by atoms with van der Waals surface area (Å²) in [5.74, 6) is -0.233. The van der Waals surface area contributed by atoms with Crippen LogP contribution < -0.4 is 9.91 Å². The highest BCUT2D eigenvalue weighted by atomic mass is 31.2. The lowest BCUT2D eigenvalue weighted by atomic mass is 10.3. The normalized spacial score (nSPS) is 31.4. The number of hydrogen-bond donors (Lipinski definition) is 0. The number of methoxy groups -OCH3 is 1. The summed E-state index contributed by atoms with van der Waals surface area (Å²) in [7, 11) is -2.07. The van der Waals surface area contributed by atoms with Crippen molar-refractivity contribution in [2.75, 3.05) is 12.3 Å². The van der Waals surface area contributed by atoms with Crippen molar-refractivity contribution in [3.05, 3.63) is 24.0 Å². The number of halogens is 1. The van der Waals surface area contributed by atoms with Crippen molar-refractivity contribution >= 4 is 13.5 Å². The van der Waals surface area contributed by atoms with E-state index in [4.69, 9.17) is 9.36 Å². The first-order chi connectivity index (χ1) is 7.59. The Morgan fingerprint density at radius 3 is 2.62 bits per heavy atom. The van der Waals surface area contributed by atoms with E-state index in [-0.39, 0.29) is 5.69 Å². The van der Waals surface area contributed by atoms with Crippen LogP contribution >= 0.6 is 7.82 Å². The molecule has 3 aliphatic rings. The van der Waals surface area contributed by atoms with E-state index < -0.39 is 13.6 Å². The van der Waals surface area contributed by atoms with Crippen molar-refractivity contribution in [2.45, 2.75) is 0 Å². The Morgan fingerprint density at radius 1 is 1.31 bits per heavy atom. The molecule has 0 spiro atoms. The lowest BCUT2D eigenvalue weighted by Gasteiger charge is -2.21. The van der Waals surface area contributed by atoms with Crippen LogP contribution in [0.25, 0.3) is 0 Å². The minimum atomic E-state index is -3.47. The molecule has 0 radical (unpaired) electrons. The van der Waals surface area contributed by atoms with E-state index in [1.165, 1.54) is 19.2 Å². The number of rotatable bonds is 2. The smallest absolute Gasteiger partial charge is 0.497 e. The second kappa shape index (κ2) is 3.16. The van der Waals surface area contributed by atoms with Crippen LogP contribution in [0.4, 0.5) is 10.1 Å². The van der Waals surface area contributed by atoms with Gasteiger partial charge in [-0.25, -0.2) is 8.96 Å². The van der Waals surface area contributed by atoms with Gasteiger partial charge in [-0.15, -0.1) is 19.0 Å². The van der Waals surface area contributed by atoms with Crippen LogP contribution in [0.3, 0.4) is 0 Å². The first-order valence-corrected chi connectivity index (χ1v) is 5.70. The van der Waals surface area contributed by atoms with Gasteiger partial charge in [0.25, 0.3) is 0 Å². The van der Waals surface area contributed by atoms with Crippen molar-refractivity contribution in [3.63, 3.8) is 0 Å². The number of nitrogens with zero attached hydrogens (tertiary/aromatic N) is 2. The molecule has 0 saturated carbocycles. The molecule has 0 aliphatic carbocycles. The average Bonchev–Trinajstić information content (AvgIpc) is 2.70. The molecule has 7 nitrogen and oxygen atoms in total. The monoisotopic (exact) mass is 248 g/mol. The summed E-state index contributed by atoms with van der Waals surface area (Å²) in [5.41, 5.74) is 0.243. The molecule has 16 heavy (non-hydrogen) atoms. The number of ether oxygens (including phenoxy) is 1. The predicted molar refractivity (Wildman–Crippen MR) is 48.1 cm³/mol. The predicted octanol–water partition coefficient (Wildman–Crippen LogP) is 1.79. The first-order valence-electron chi connectivity index (χ1n) is 4.24. The summed E-state index contributed by atoms with van der Waals surface area (Å²) in [6, 6.07) is 3.83. The zero-order valence-electron chi connectivity index (χ0n) is 7.99. The van der Waals surface area contributed by atoms with Gasteiger partial charge in [0.05, 0.1) is 18.1 Å². The maximum Gasteiger partial charge on any atom is 0.538 e. The third kappa shape index (κ3) is 1.40. The molecule has 0 amide bonds. The fraction of sp³-hybridized carbons (Fsp3) is 0.143. The highest BCUT2D eigenvalue weighted by Crippen LogP contribution is 2.67. The minimum absolute atomic E-state index is 0.243. The molecule has 3 saturated heterocycles. The van der Waals surface area contributed by atoms with E-state index in [1.807, 2.05) is 0 Å². The van der Waals surface area contributed by atoms with Gasteiger partial charge in [0.1, 0.15) is 11.6 Å². The van der Waals surface area contributed by atoms with E-state index in [9.17, 15) is 8.96 Å². The molecule has 0 atom stereocenters. The summed E-state index contributed by atoms with van der Waals surface area (Å²) < 4.78 is 43.3. The molecule has 0 aromatic heterocycles. The lowest BCUT2D eigenvalue weighted by molar-refractivity contribution is -0.318. The molecule has 3 heterocycles. The van der Waals surface area contributed by atoms with Gasteiger partial charge in [-0.1, -0.05) is 0 Å². The summed E-state index contributed by atoms with van der Waals surface area (Å²) in [6.45, 7) is 0. The SMILES string of the molecule is COc1cc(F)cc(N2OP3(=O)ON2O3)c1. The molecule has 86 valence electrons. The van der Waals surface area contributed by atoms with Crippen molar-refractivity contribution in [1.29, 1.82) is 0 Å². The zero-order chi connectivity index (χ0) is 11.3. The number of hydrogen-bond acceptors (Lipinski definition) is 7. The molecule has 1 aromatic carbocycles. The summed E-state index contributed by atoms with van der Waals surface area (Å²) >= 11 is 0. The van der Waals surface area contributed by atoms with Gasteiger partial charge in [0, 0.05) is 18.2 Å². The lowest BCUT2D eigenvalue weighted by Crippen LogP contribution is -2.34. The maximum absolute atomic E-state index is 13.2. The largest absolute Gasteiger partial charge is 0.538 e. The van der Waals surface area contributed by atoms with Crippen LogP contribution in [0.2, 0.25) is 0 Å². The third-order valence-electron chi connectivity index (χ3n) is 1.98. The van der Waals surface area contributed by atoms with Crippen LogP contribution in [0.1, 0.15) is 0 Å². The molecular weight excluding hydrogens is 242 g/mol. The highest BCUT2D eigenvalue weighted by molar-refractivity contribution is 7.49. The van der Waals surface area contributed by atoms with Crippen molar-refractivity contribution < 1.29 is 27.6 Å². The Labute approximate surface area is 89.3 Å². The topological polar surface area (TPSA) is 60.5 Å². The molecule has 3 fully saturated rings. The molecule has 2 bridgehead atoms. The molecule has 0 unspecified atom stereocenters. The minimum Gasteiger partial charge on any atom is -0.497 e. The molecule has 0 N–H and O–H groups in total. The Bertz CT molecular complexity index is 488. The Kier molecular flexibility index (Phi) is 1.97. The molecular formula is C7H6FN2O5P. The van der Waals surface area contributed by atoms with Crippen molar-refractivity contribution in [1.82, 2.24) is 5.34 Å². The summed E-state index contributed by atoms with van der Waals surface area (Å²) in [4.78, 5) is 0. The fourth-order valence-corrected chi connectivity index (χ4v) is 2.21. The number of hydrazine groups is 1. The quantitative estimate of drug-likeness (QED) is 0.739. The van der Waals surface area contributed by atoms with Crippen LogP contribution in [-0.4, -0.2) is 12.4 Å². The molecule has 9 heteroatoms. The van der Waals surface area contributed by atoms with E-state index in [0.717, 1.165) is 16.6 Å². The molecule has 1 aromatic rings. The maximum atomic E-state index is 13.2. The second-order valence-corrected chi connectivity index (χ2v) is 4.44. The van der Waals surface area contributed by atoms with Gasteiger partial charge in [-0.05, 0) is 0 Å².